The molecule has 0 spiro atoms. The molecule has 0 radical (unpaired) electrons. The second-order valence-corrected chi connectivity index (χ2v) is 9.63. The van der Waals surface area contributed by atoms with E-state index in [2.05, 4.69) is 21.1 Å². The van der Waals surface area contributed by atoms with E-state index in [9.17, 15) is 8.42 Å². The summed E-state index contributed by atoms with van der Waals surface area (Å²) in [5.41, 5.74) is 1.16. The number of rotatable bonds is 7. The Hall–Kier alpha value is -1.12. The van der Waals surface area contributed by atoms with Gasteiger partial charge in [0.25, 0.3) is 0 Å². The van der Waals surface area contributed by atoms with Crippen molar-refractivity contribution in [1.29, 1.82) is 0 Å². The van der Waals surface area contributed by atoms with Crippen LogP contribution in [0, 0.1) is 0 Å². The first-order chi connectivity index (χ1) is 13.0. The Kier molecular flexibility index (Phi) is 7.16. The third kappa shape index (κ3) is 5.23. The first kappa shape index (κ1) is 20.6. The van der Waals surface area contributed by atoms with Gasteiger partial charge in [0.05, 0.1) is 17.0 Å². The van der Waals surface area contributed by atoms with Gasteiger partial charge >= 0.3 is 0 Å². The highest BCUT2D eigenvalue weighted by Gasteiger charge is 2.25. The summed E-state index contributed by atoms with van der Waals surface area (Å²) in [5.74, 6) is 0.455. The molecule has 0 saturated carbocycles. The van der Waals surface area contributed by atoms with Crippen molar-refractivity contribution < 1.29 is 13.2 Å². The van der Waals surface area contributed by atoms with Crippen molar-refractivity contribution in [3.63, 3.8) is 0 Å². The van der Waals surface area contributed by atoms with Gasteiger partial charge < -0.3 is 4.74 Å². The lowest BCUT2D eigenvalue weighted by Gasteiger charge is -2.30. The summed E-state index contributed by atoms with van der Waals surface area (Å²) in [4.78, 5) is 2.55. The Morgan fingerprint density at radius 3 is 2.56 bits per heavy atom. The second-order valence-electron chi connectivity index (χ2n) is 6.67. The van der Waals surface area contributed by atoms with Gasteiger partial charge in [-0.3, -0.25) is 4.90 Å². The predicted octanol–water partition coefficient (Wildman–Crippen LogP) is 4.31. The van der Waals surface area contributed by atoms with Crippen LogP contribution in [0.5, 0.6) is 5.75 Å². The molecule has 0 unspecified atom stereocenters. The van der Waals surface area contributed by atoms with Crippen molar-refractivity contribution in [2.75, 3.05) is 26.7 Å². The van der Waals surface area contributed by atoms with Crippen molar-refractivity contribution in [2.45, 2.75) is 36.6 Å². The molecule has 1 aromatic carbocycles. The van der Waals surface area contributed by atoms with E-state index in [0.717, 1.165) is 31.5 Å². The van der Waals surface area contributed by atoms with Gasteiger partial charge in [-0.1, -0.05) is 24.4 Å². The van der Waals surface area contributed by atoms with Gasteiger partial charge in [-0.15, -0.1) is 0 Å². The summed E-state index contributed by atoms with van der Waals surface area (Å²) < 4.78 is 33.4. The molecule has 1 saturated heterocycles. The van der Waals surface area contributed by atoms with Gasteiger partial charge in [0, 0.05) is 12.6 Å². The molecule has 0 amide bonds. The molecule has 2 aromatic rings. The van der Waals surface area contributed by atoms with Gasteiger partial charge in [0.1, 0.15) is 5.75 Å². The maximum atomic E-state index is 12.8. The van der Waals surface area contributed by atoms with Gasteiger partial charge in [-0.25, -0.2) is 13.1 Å². The smallest absolute Gasteiger partial charge is 0.240 e. The van der Waals surface area contributed by atoms with E-state index in [-0.39, 0.29) is 16.0 Å². The summed E-state index contributed by atoms with van der Waals surface area (Å²) in [6.07, 6.45) is 4.79. The van der Waals surface area contributed by atoms with Crippen molar-refractivity contribution in [3.8, 4) is 5.75 Å². The fraction of sp³-hybridized carbons (Fsp3) is 0.474. The number of hydrogen-bond acceptors (Lipinski definition) is 5. The Labute approximate surface area is 170 Å². The molecular formula is C19H25ClN2O3S2. The van der Waals surface area contributed by atoms with E-state index < -0.39 is 10.0 Å². The molecule has 0 bridgehead atoms. The summed E-state index contributed by atoms with van der Waals surface area (Å²) in [5, 5.41) is 4.42. The zero-order valence-corrected chi connectivity index (χ0v) is 17.7. The minimum atomic E-state index is -3.65. The summed E-state index contributed by atoms with van der Waals surface area (Å²) in [6.45, 7) is 2.33. The molecule has 0 aliphatic carbocycles. The third-order valence-electron chi connectivity index (χ3n) is 4.91. The van der Waals surface area contributed by atoms with Crippen LogP contribution >= 0.6 is 22.9 Å². The van der Waals surface area contributed by atoms with Crippen LogP contribution in [0.4, 0.5) is 0 Å². The highest BCUT2D eigenvalue weighted by atomic mass is 35.5. The number of thiophene rings is 1. The molecule has 2 heterocycles. The summed E-state index contributed by atoms with van der Waals surface area (Å²) in [7, 11) is -2.15. The molecule has 3 rings (SSSR count). The van der Waals surface area contributed by atoms with Gasteiger partial charge in [0.2, 0.25) is 10.0 Å². The third-order valence-corrected chi connectivity index (χ3v) is 7.33. The van der Waals surface area contributed by atoms with E-state index in [0.29, 0.717) is 12.3 Å². The molecule has 5 nitrogen and oxygen atoms in total. The van der Waals surface area contributed by atoms with Crippen LogP contribution < -0.4 is 9.46 Å². The lowest BCUT2D eigenvalue weighted by Crippen LogP contribution is -2.38. The van der Waals surface area contributed by atoms with Crippen LogP contribution in [0.15, 0.2) is 39.9 Å². The Morgan fingerprint density at radius 1 is 1.22 bits per heavy atom. The molecule has 1 aliphatic heterocycles. The fourth-order valence-electron chi connectivity index (χ4n) is 3.42. The molecule has 1 aromatic heterocycles. The number of ether oxygens (including phenoxy) is 1. The van der Waals surface area contributed by atoms with Crippen LogP contribution in [-0.2, 0) is 10.0 Å². The lowest BCUT2D eigenvalue weighted by atomic mass is 10.1. The number of hydrogen-bond donors (Lipinski definition) is 1. The van der Waals surface area contributed by atoms with Crippen LogP contribution in [0.1, 0.15) is 37.3 Å². The zero-order valence-electron chi connectivity index (χ0n) is 15.4. The van der Waals surface area contributed by atoms with Gasteiger partial charge in [0.15, 0.2) is 0 Å². The van der Waals surface area contributed by atoms with E-state index in [1.54, 1.807) is 17.4 Å². The molecule has 8 heteroatoms. The fourth-order valence-corrected chi connectivity index (χ4v) is 5.51. The van der Waals surface area contributed by atoms with Crippen molar-refractivity contribution in [2.24, 2.45) is 0 Å². The average molecular weight is 429 g/mol. The Morgan fingerprint density at radius 2 is 1.96 bits per heavy atom. The van der Waals surface area contributed by atoms with Gasteiger partial charge in [-0.2, -0.15) is 11.3 Å². The second kappa shape index (κ2) is 9.39. The number of halogens is 1. The SMILES string of the molecule is COc1ccc(S(=O)(=O)NC[C@H](c2ccsc2)N2CCCCCC2)cc1Cl. The number of sulfonamides is 1. The van der Waals surface area contributed by atoms with Crippen molar-refractivity contribution in [3.05, 3.63) is 45.6 Å². The molecule has 1 N–H and O–H groups in total. The van der Waals surface area contributed by atoms with Crippen LogP contribution in [0.2, 0.25) is 5.02 Å². The lowest BCUT2D eigenvalue weighted by molar-refractivity contribution is 0.206. The predicted molar refractivity (Wildman–Crippen MR) is 110 cm³/mol. The van der Waals surface area contributed by atoms with Crippen molar-refractivity contribution in [1.82, 2.24) is 9.62 Å². The quantitative estimate of drug-likeness (QED) is 0.714. The molecule has 1 fully saturated rings. The number of benzene rings is 1. The molecule has 148 valence electrons. The van der Waals surface area contributed by atoms with E-state index >= 15 is 0 Å². The molecule has 1 atom stereocenters. The normalized spacial score (nSPS) is 17.4. The maximum Gasteiger partial charge on any atom is 0.240 e. The number of methoxy groups -OCH3 is 1. The first-order valence-corrected chi connectivity index (χ1v) is 11.9. The highest BCUT2D eigenvalue weighted by Crippen LogP contribution is 2.28. The Balaban J connectivity index is 1.76. The minimum Gasteiger partial charge on any atom is -0.495 e. The van der Waals surface area contributed by atoms with Crippen LogP contribution in [0.25, 0.3) is 0 Å². The first-order valence-electron chi connectivity index (χ1n) is 9.10. The van der Waals surface area contributed by atoms with Crippen molar-refractivity contribution >= 4 is 33.0 Å². The Bertz CT molecular complexity index is 833. The zero-order chi connectivity index (χ0) is 19.3. The van der Waals surface area contributed by atoms with Gasteiger partial charge in [-0.05, 0) is 66.5 Å². The average Bonchev–Trinajstić information content (AvgIpc) is 3.04. The standard InChI is InChI=1S/C19H25ClN2O3S2/c1-25-19-7-6-16(12-17(19)20)27(23,24)21-13-18(15-8-11-26-14-15)22-9-4-2-3-5-10-22/h6-8,11-12,14,18,21H,2-5,9-10,13H2,1H3/t18-/m1/s1. The number of nitrogens with zero attached hydrogens (tertiary/aromatic N) is 1. The summed E-state index contributed by atoms with van der Waals surface area (Å²) >= 11 is 7.73. The molecule has 1 aliphatic rings. The van der Waals surface area contributed by atoms with E-state index in [4.69, 9.17) is 16.3 Å². The van der Waals surface area contributed by atoms with E-state index in [1.807, 2.05) is 5.38 Å². The van der Waals surface area contributed by atoms with E-state index in [1.165, 1.54) is 32.1 Å². The minimum absolute atomic E-state index is 0.0397. The molecule has 27 heavy (non-hydrogen) atoms. The monoisotopic (exact) mass is 428 g/mol. The largest absolute Gasteiger partial charge is 0.495 e. The maximum absolute atomic E-state index is 12.8. The number of likely N-dealkylation sites (tertiary alicyclic amines) is 1. The number of nitrogens with one attached hydrogen (secondary N) is 1. The summed E-state index contributed by atoms with van der Waals surface area (Å²) in [6, 6.07) is 6.63. The van der Waals surface area contributed by atoms with Crippen LogP contribution in [0.3, 0.4) is 0 Å². The molecular weight excluding hydrogens is 404 g/mol. The topological polar surface area (TPSA) is 58.6 Å². The van der Waals surface area contributed by atoms with Crippen LogP contribution in [-0.4, -0.2) is 40.1 Å². The highest BCUT2D eigenvalue weighted by molar-refractivity contribution is 7.89.